The van der Waals surface area contributed by atoms with Crippen LogP contribution in [0.4, 0.5) is 5.95 Å². The molecule has 0 unspecified atom stereocenters. The highest BCUT2D eigenvalue weighted by molar-refractivity contribution is 5.56. The Morgan fingerprint density at radius 3 is 2.79 bits per heavy atom. The Bertz CT molecular complexity index is 706. The summed E-state index contributed by atoms with van der Waals surface area (Å²) in [6.07, 6.45) is 5.10. The lowest BCUT2D eigenvalue weighted by atomic mass is 10.2. The van der Waals surface area contributed by atoms with Crippen molar-refractivity contribution in [1.82, 2.24) is 29.7 Å². The van der Waals surface area contributed by atoms with Gasteiger partial charge in [-0.15, -0.1) is 0 Å². The van der Waals surface area contributed by atoms with Gasteiger partial charge in [0.2, 0.25) is 5.95 Å². The number of rotatable bonds is 2. The molecule has 94 valence electrons. The lowest BCUT2D eigenvalue weighted by Crippen LogP contribution is -2.08. The Labute approximate surface area is 109 Å². The van der Waals surface area contributed by atoms with Crippen molar-refractivity contribution >= 4 is 5.95 Å². The molecular weight excluding hydrogens is 242 g/mol. The number of nitrogens with two attached hydrogens (primary N) is 1. The van der Waals surface area contributed by atoms with Gasteiger partial charge in [0.15, 0.2) is 5.82 Å². The summed E-state index contributed by atoms with van der Waals surface area (Å²) < 4.78 is 1.54. The van der Waals surface area contributed by atoms with E-state index >= 15 is 0 Å². The topological polar surface area (TPSA) is 95.4 Å². The summed E-state index contributed by atoms with van der Waals surface area (Å²) in [4.78, 5) is 16.7. The van der Waals surface area contributed by atoms with Gasteiger partial charge in [-0.3, -0.25) is 4.98 Å². The molecule has 0 fully saturated rings. The van der Waals surface area contributed by atoms with Crippen LogP contribution in [-0.2, 0) is 0 Å². The zero-order valence-corrected chi connectivity index (χ0v) is 10.2. The predicted octanol–water partition coefficient (Wildman–Crippen LogP) is 1.01. The molecule has 0 aliphatic rings. The second kappa shape index (κ2) is 4.45. The molecule has 0 aliphatic heterocycles. The molecule has 2 N–H and O–H groups in total. The van der Waals surface area contributed by atoms with Crippen molar-refractivity contribution in [2.45, 2.75) is 6.92 Å². The third-order valence-corrected chi connectivity index (χ3v) is 2.51. The Hall–Kier alpha value is -2.83. The van der Waals surface area contributed by atoms with E-state index in [2.05, 4.69) is 25.0 Å². The zero-order chi connectivity index (χ0) is 13.2. The Morgan fingerprint density at radius 2 is 2.05 bits per heavy atom. The van der Waals surface area contributed by atoms with Crippen LogP contribution in [0.5, 0.6) is 0 Å². The van der Waals surface area contributed by atoms with E-state index in [1.54, 1.807) is 24.7 Å². The highest BCUT2D eigenvalue weighted by atomic mass is 15.4. The summed E-state index contributed by atoms with van der Waals surface area (Å²) in [7, 11) is 0. The minimum Gasteiger partial charge on any atom is -0.368 e. The van der Waals surface area contributed by atoms with Gasteiger partial charge in [0.05, 0.1) is 0 Å². The fourth-order valence-corrected chi connectivity index (χ4v) is 1.68. The number of nitrogens with zero attached hydrogens (tertiary/aromatic N) is 6. The van der Waals surface area contributed by atoms with E-state index in [4.69, 9.17) is 5.73 Å². The van der Waals surface area contributed by atoms with Gasteiger partial charge in [-0.1, -0.05) is 0 Å². The summed E-state index contributed by atoms with van der Waals surface area (Å²) in [5.74, 6) is 1.05. The maximum absolute atomic E-state index is 5.72. The van der Waals surface area contributed by atoms with Crippen molar-refractivity contribution in [3.05, 3.63) is 42.5 Å². The van der Waals surface area contributed by atoms with Crippen LogP contribution in [-0.4, -0.2) is 29.7 Å². The number of nitrogen functional groups attached to an aromatic ring is 1. The first-order valence-electron chi connectivity index (χ1n) is 5.67. The first-order valence-corrected chi connectivity index (χ1v) is 5.67. The number of hydrogen-bond acceptors (Lipinski definition) is 6. The van der Waals surface area contributed by atoms with Crippen LogP contribution in [0.2, 0.25) is 0 Å². The normalized spacial score (nSPS) is 10.6. The molecule has 7 nitrogen and oxygen atoms in total. The number of anilines is 1. The molecular formula is C12H11N7. The summed E-state index contributed by atoms with van der Waals surface area (Å²) in [5, 5.41) is 4.08. The minimum absolute atomic E-state index is 0.157. The van der Waals surface area contributed by atoms with E-state index in [1.165, 1.54) is 4.68 Å². The predicted molar refractivity (Wildman–Crippen MR) is 69.3 cm³/mol. The molecule has 7 heteroatoms. The molecule has 0 amide bonds. The maximum Gasteiger partial charge on any atom is 0.255 e. The van der Waals surface area contributed by atoms with Crippen LogP contribution in [0.25, 0.3) is 17.3 Å². The van der Waals surface area contributed by atoms with Gasteiger partial charge >= 0.3 is 0 Å². The maximum atomic E-state index is 5.72. The molecule has 0 spiro atoms. The monoisotopic (exact) mass is 253 g/mol. The molecule has 19 heavy (non-hydrogen) atoms. The van der Waals surface area contributed by atoms with E-state index in [-0.39, 0.29) is 5.95 Å². The molecule has 0 saturated carbocycles. The van der Waals surface area contributed by atoms with Gasteiger partial charge in [0.25, 0.3) is 5.95 Å². The van der Waals surface area contributed by atoms with Crippen molar-refractivity contribution in [3.8, 4) is 17.3 Å². The van der Waals surface area contributed by atoms with Gasteiger partial charge in [-0.2, -0.15) is 20.1 Å². The number of hydrogen-bond donors (Lipinski definition) is 1. The molecule has 0 radical (unpaired) electrons. The molecule has 3 rings (SSSR count). The van der Waals surface area contributed by atoms with Crippen molar-refractivity contribution < 1.29 is 0 Å². The lowest BCUT2D eigenvalue weighted by molar-refractivity contribution is 0.801. The van der Waals surface area contributed by atoms with Crippen LogP contribution < -0.4 is 5.73 Å². The van der Waals surface area contributed by atoms with E-state index in [9.17, 15) is 0 Å². The number of aromatic nitrogens is 6. The van der Waals surface area contributed by atoms with Crippen LogP contribution in [0.15, 0.2) is 36.8 Å². The summed E-state index contributed by atoms with van der Waals surface area (Å²) in [5.41, 5.74) is 7.45. The van der Waals surface area contributed by atoms with E-state index in [1.807, 2.05) is 19.1 Å². The van der Waals surface area contributed by atoms with Gasteiger partial charge in [-0.25, -0.2) is 4.68 Å². The van der Waals surface area contributed by atoms with Crippen LogP contribution in [0, 0.1) is 6.92 Å². The highest BCUT2D eigenvalue weighted by Crippen LogP contribution is 2.16. The SMILES string of the molecule is Cc1cc(-c2nc(N)nc(-n3cccn3)n2)ccn1. The second-order valence-electron chi connectivity index (χ2n) is 3.95. The van der Waals surface area contributed by atoms with E-state index in [0.717, 1.165) is 11.3 Å². The fraction of sp³-hybridized carbons (Fsp3) is 0.0833. The molecule has 0 atom stereocenters. The third kappa shape index (κ3) is 2.25. The Morgan fingerprint density at radius 1 is 1.16 bits per heavy atom. The molecule has 3 aromatic heterocycles. The van der Waals surface area contributed by atoms with E-state index < -0.39 is 0 Å². The van der Waals surface area contributed by atoms with Crippen LogP contribution in [0.1, 0.15) is 5.69 Å². The summed E-state index contributed by atoms with van der Waals surface area (Å²) in [6.45, 7) is 1.91. The second-order valence-corrected chi connectivity index (χ2v) is 3.95. The van der Waals surface area contributed by atoms with Crippen molar-refractivity contribution in [2.75, 3.05) is 5.73 Å². The molecule has 3 aromatic rings. The van der Waals surface area contributed by atoms with E-state index in [0.29, 0.717) is 11.8 Å². The van der Waals surface area contributed by atoms with Crippen molar-refractivity contribution in [3.63, 3.8) is 0 Å². The van der Waals surface area contributed by atoms with Gasteiger partial charge in [0.1, 0.15) is 0 Å². The summed E-state index contributed by atoms with van der Waals surface area (Å²) in [6, 6.07) is 5.51. The summed E-state index contributed by atoms with van der Waals surface area (Å²) >= 11 is 0. The minimum atomic E-state index is 0.157. The number of pyridine rings is 1. The third-order valence-electron chi connectivity index (χ3n) is 2.51. The van der Waals surface area contributed by atoms with Gasteiger partial charge < -0.3 is 5.73 Å². The van der Waals surface area contributed by atoms with Gasteiger partial charge in [0, 0.05) is 29.8 Å². The molecule has 0 bridgehead atoms. The van der Waals surface area contributed by atoms with Crippen LogP contribution >= 0.6 is 0 Å². The Balaban J connectivity index is 2.12. The first kappa shape index (κ1) is 11.3. The van der Waals surface area contributed by atoms with Crippen molar-refractivity contribution in [1.29, 1.82) is 0 Å². The molecule has 0 saturated heterocycles. The quantitative estimate of drug-likeness (QED) is 0.732. The Kier molecular flexibility index (Phi) is 2.64. The molecule has 3 heterocycles. The number of aryl methyl sites for hydroxylation is 1. The average molecular weight is 253 g/mol. The average Bonchev–Trinajstić information content (AvgIpc) is 2.92. The lowest BCUT2D eigenvalue weighted by Gasteiger charge is -2.05. The van der Waals surface area contributed by atoms with Crippen molar-refractivity contribution in [2.24, 2.45) is 0 Å². The van der Waals surface area contributed by atoms with Crippen LogP contribution in [0.3, 0.4) is 0 Å². The zero-order valence-electron chi connectivity index (χ0n) is 10.2. The molecule has 0 aliphatic carbocycles. The largest absolute Gasteiger partial charge is 0.368 e. The highest BCUT2D eigenvalue weighted by Gasteiger charge is 2.08. The smallest absolute Gasteiger partial charge is 0.255 e. The molecule has 0 aromatic carbocycles. The standard InChI is InChI=1S/C12H11N7/c1-8-7-9(3-5-14-8)10-16-11(13)18-12(17-10)19-6-2-4-15-19/h2-7H,1H3,(H2,13,16,17,18). The fourth-order valence-electron chi connectivity index (χ4n) is 1.68. The first-order chi connectivity index (χ1) is 9.22. The van der Waals surface area contributed by atoms with Gasteiger partial charge in [-0.05, 0) is 25.1 Å².